The number of imidazole rings is 3. The molecule has 3 aromatic carbocycles. The number of rotatable bonds is 28. The average Bonchev–Trinajstić information content (AvgIpc) is 4.01. The minimum atomic E-state index is -0.774. The molecule has 6 rings (SSSR count). The Morgan fingerprint density at radius 2 is 0.846 bits per heavy atom. The zero-order chi connectivity index (χ0) is 57.5. The van der Waals surface area contributed by atoms with Gasteiger partial charge in [-0.05, 0) is 87.7 Å². The van der Waals surface area contributed by atoms with Crippen molar-refractivity contribution in [3.8, 4) is 0 Å². The van der Waals surface area contributed by atoms with Crippen LogP contribution in [0.5, 0.6) is 0 Å². The number of carboxylic acids is 2. The van der Waals surface area contributed by atoms with Crippen LogP contribution >= 0.6 is 145 Å². The fourth-order valence-electron chi connectivity index (χ4n) is 8.24. The molecule has 0 spiro atoms. The van der Waals surface area contributed by atoms with E-state index in [1.807, 2.05) is 108 Å². The molecule has 0 aliphatic rings. The van der Waals surface area contributed by atoms with Crippen molar-refractivity contribution in [2.45, 2.75) is 77.7 Å². The topological polar surface area (TPSA) is 205 Å². The second-order valence-corrected chi connectivity index (χ2v) is 35.1. The van der Waals surface area contributed by atoms with E-state index < -0.39 is 11.9 Å². The molecule has 440 valence electrons. The number of aliphatic carboxylic acids is 2. The van der Waals surface area contributed by atoms with Crippen molar-refractivity contribution in [2.24, 2.45) is 21.1 Å². The number of halogens is 10. The fourth-order valence-corrected chi connectivity index (χ4v) is 9.06. The maximum absolute atomic E-state index is 11.6. The number of carboxylic acid groups (broad SMARTS) is 2. The van der Waals surface area contributed by atoms with Crippen molar-refractivity contribution < 1.29 is 52.8 Å². The summed E-state index contributed by atoms with van der Waals surface area (Å²) >= 11 is 33.0. The monoisotopic (exact) mass is 1840 g/mol. The van der Waals surface area contributed by atoms with E-state index in [2.05, 4.69) is 94.2 Å². The number of carbonyl (C=O) groups excluding carboxylic acids is 1. The van der Waals surface area contributed by atoms with Crippen LogP contribution < -0.4 is 28.0 Å². The Morgan fingerprint density at radius 3 is 1.10 bits per heavy atom. The van der Waals surface area contributed by atoms with Crippen LogP contribution in [0.2, 0.25) is 0 Å². The predicted molar refractivity (Wildman–Crippen MR) is 363 cm³/mol. The van der Waals surface area contributed by atoms with Crippen molar-refractivity contribution in [2.75, 3.05) is 90.7 Å². The summed E-state index contributed by atoms with van der Waals surface area (Å²) in [5.41, 5.74) is 8.79. The Morgan fingerprint density at radius 1 is 0.564 bits per heavy atom. The second kappa shape index (κ2) is 43.0. The summed E-state index contributed by atoms with van der Waals surface area (Å²) in [5.74, 6) is 3.16. The molecule has 3 heterocycles. The molecule has 0 saturated carbocycles. The van der Waals surface area contributed by atoms with E-state index in [-0.39, 0.29) is 62.1 Å². The molecule has 0 fully saturated rings. The van der Waals surface area contributed by atoms with E-state index in [0.29, 0.717) is 94.8 Å². The Kier molecular flexibility index (Phi) is 41.6. The molecule has 78 heavy (non-hydrogen) atoms. The van der Waals surface area contributed by atoms with Crippen LogP contribution in [0.25, 0.3) is 33.1 Å². The maximum atomic E-state index is 11.6. The van der Waals surface area contributed by atoms with Crippen molar-refractivity contribution in [3.63, 3.8) is 0 Å². The van der Waals surface area contributed by atoms with Crippen molar-refractivity contribution in [1.29, 1.82) is 0 Å². The van der Waals surface area contributed by atoms with E-state index in [1.165, 1.54) is 0 Å². The van der Waals surface area contributed by atoms with Gasteiger partial charge in [0.2, 0.25) is 0 Å². The number of aromatic nitrogens is 6. The number of aliphatic hydroxyl groups excluding tert-OH is 2. The van der Waals surface area contributed by atoms with Gasteiger partial charge < -0.3 is 53.6 Å². The van der Waals surface area contributed by atoms with Gasteiger partial charge in [-0.2, -0.15) is 0 Å². The van der Waals surface area contributed by atoms with Crippen LogP contribution in [0.3, 0.4) is 0 Å². The molecule has 0 aliphatic heterocycles. The number of esters is 1. The molecule has 0 radical (unpaired) electrons. The molecular weight excluding hydrogens is 1770 g/mol. The molecule has 0 saturated heterocycles. The van der Waals surface area contributed by atoms with Crippen LogP contribution in [-0.2, 0) is 59.5 Å². The molecule has 27 heteroatoms. The number of hydrogen-bond donors (Lipinski definition) is 4. The van der Waals surface area contributed by atoms with Gasteiger partial charge in [0.15, 0.2) is 0 Å². The van der Waals surface area contributed by atoms with Crippen molar-refractivity contribution >= 4 is 213 Å². The van der Waals surface area contributed by atoms with Crippen LogP contribution in [-0.4, -0.2) is 149 Å². The third kappa shape index (κ3) is 26.1. The molecular formula is C51H72Cl4I6N9O8-. The van der Waals surface area contributed by atoms with Crippen molar-refractivity contribution in [1.82, 2.24) is 28.7 Å². The van der Waals surface area contributed by atoms with Crippen LogP contribution in [0.4, 0.5) is 17.1 Å². The van der Waals surface area contributed by atoms with Gasteiger partial charge in [0, 0.05) is 177 Å². The van der Waals surface area contributed by atoms with Crippen molar-refractivity contribution in [3.05, 3.63) is 72.1 Å². The number of alkyl halides is 4. The quantitative estimate of drug-likeness (QED) is 0.0205. The third-order valence-corrected chi connectivity index (χ3v) is 12.5. The van der Waals surface area contributed by atoms with Gasteiger partial charge in [0.25, 0.3) is 0 Å². The van der Waals surface area contributed by atoms with E-state index in [1.54, 1.807) is 0 Å². The van der Waals surface area contributed by atoms with E-state index in [0.717, 1.165) is 93.8 Å². The number of carbonyl (C=O) groups is 3. The summed E-state index contributed by atoms with van der Waals surface area (Å²) in [6.45, 7) is 7.60. The Hall–Kier alpha value is -0.660. The average molecular weight is 1840 g/mol. The van der Waals surface area contributed by atoms with E-state index >= 15 is 0 Å². The van der Waals surface area contributed by atoms with Gasteiger partial charge in [-0.25, -0.2) is 15.0 Å². The van der Waals surface area contributed by atoms with Crippen LogP contribution in [0.15, 0.2) is 54.6 Å². The number of aliphatic hydroxyl groups is 2. The van der Waals surface area contributed by atoms with Gasteiger partial charge >= 0.3 is 68.4 Å². The summed E-state index contributed by atoms with van der Waals surface area (Å²) in [4.78, 5) is 53.1. The Bertz CT molecular complexity index is 2550. The van der Waals surface area contributed by atoms with Gasteiger partial charge in [-0.3, -0.25) is 14.4 Å². The molecule has 17 nitrogen and oxygen atoms in total. The first-order valence-corrected chi connectivity index (χ1v) is 45.7. The number of hydrogen-bond acceptors (Lipinski definition) is 12. The first-order chi connectivity index (χ1) is 37.0. The SMILES string of the molecule is CC(C)OC(=O)CCCc1nc2cc(N(CCO)CCO)ccc2n1C.Cn1c(CCCC(=O)O)nc2cc(N(CCCl)CCCl)ccc21.Cn1c(CCCC(=O)O)nc2cc(N(CCCl)CCCl)ccc21.I.II.I[I-]I. The van der Waals surface area contributed by atoms with Crippen LogP contribution in [0, 0.1) is 0 Å². The van der Waals surface area contributed by atoms with Crippen LogP contribution in [0.1, 0.15) is 69.8 Å². The van der Waals surface area contributed by atoms with Gasteiger partial charge in [-0.1, -0.05) is 0 Å². The number of fused-ring (bicyclic) bond motifs is 3. The molecule has 0 bridgehead atoms. The normalized spacial score (nSPS) is 10.7. The molecule has 4 N–H and O–H groups in total. The van der Waals surface area contributed by atoms with E-state index in [9.17, 15) is 24.6 Å². The molecule has 6 aromatic rings. The number of benzene rings is 3. The molecule has 0 unspecified atom stereocenters. The molecule has 0 amide bonds. The Labute approximate surface area is 548 Å². The standard InChI is InChI=1S/C19H29N3O4.2C16H21Cl2N3O2.I3.I2.HI/c1-14(2)26-19(25)6-4-5-18-20-16-13-15(7-8-17(16)21(18)3)22(9-11-23)10-12-24;2*1-20-14-6-5-12(21(9-7-17)10-8-18)11-13(14)19-15(20)3-2-4-16(22)23;1-3-2;1-2;/h7-8,13-14,23-24H,4-6,9-12H2,1-3H3;2*5-6,11H,2-4,7-10H2,1H3,(H,22,23);;;1H/q;;;-1;;. The zero-order valence-electron chi connectivity index (χ0n) is 44.4. The zero-order valence-corrected chi connectivity index (χ0v) is 60.5. The number of ether oxygens (including phenoxy) is 1. The summed E-state index contributed by atoms with van der Waals surface area (Å²) < 4.78 is 11.2. The second-order valence-electron chi connectivity index (χ2n) is 17.4. The number of anilines is 3. The minimum absolute atomic E-state index is 0. The number of aryl methyl sites for hydroxylation is 6. The first kappa shape index (κ1) is 75.4. The summed E-state index contributed by atoms with van der Waals surface area (Å²) in [7, 11) is 5.89. The first-order valence-electron chi connectivity index (χ1n) is 24.7. The molecule has 0 aliphatic carbocycles. The fraction of sp³-hybridized carbons (Fsp3) is 0.529. The summed E-state index contributed by atoms with van der Waals surface area (Å²) in [6, 6.07) is 18.2. The van der Waals surface area contributed by atoms with Gasteiger partial charge in [0.1, 0.15) is 17.5 Å². The van der Waals surface area contributed by atoms with E-state index in [4.69, 9.17) is 66.3 Å². The molecule has 0 atom stereocenters. The van der Waals surface area contributed by atoms with Gasteiger partial charge in [0.05, 0.1) is 52.4 Å². The third-order valence-electron chi connectivity index (χ3n) is 11.9. The summed E-state index contributed by atoms with van der Waals surface area (Å²) in [6.07, 6.45) is 4.49. The Balaban J connectivity index is 0.000000558. The number of nitrogens with zero attached hydrogens (tertiary/aromatic N) is 9. The predicted octanol–water partition coefficient (Wildman–Crippen LogP) is 9.33. The summed E-state index contributed by atoms with van der Waals surface area (Å²) in [5, 5.41) is 35.9. The molecule has 3 aromatic heterocycles. The van der Waals surface area contributed by atoms with Gasteiger partial charge in [-0.15, -0.1) is 70.4 Å².